The van der Waals surface area contributed by atoms with E-state index in [0.717, 1.165) is 18.4 Å². The summed E-state index contributed by atoms with van der Waals surface area (Å²) in [5.41, 5.74) is 2.80. The van der Waals surface area contributed by atoms with E-state index in [2.05, 4.69) is 22.8 Å². The van der Waals surface area contributed by atoms with Crippen LogP contribution in [0.3, 0.4) is 0 Å². The Labute approximate surface area is 202 Å². The van der Waals surface area contributed by atoms with Crippen LogP contribution < -0.4 is 10.6 Å². The van der Waals surface area contributed by atoms with E-state index in [1.165, 1.54) is 9.87 Å². The van der Waals surface area contributed by atoms with Gasteiger partial charge >= 0.3 is 0 Å². The van der Waals surface area contributed by atoms with Gasteiger partial charge in [-0.15, -0.1) is 0 Å². The maximum atomic E-state index is 13.2. The van der Waals surface area contributed by atoms with Crippen molar-refractivity contribution in [3.05, 3.63) is 59.7 Å². The summed E-state index contributed by atoms with van der Waals surface area (Å²) in [7, 11) is -3.64. The highest BCUT2D eigenvalue weighted by atomic mass is 32.2. The van der Waals surface area contributed by atoms with Gasteiger partial charge < -0.3 is 10.6 Å². The van der Waals surface area contributed by atoms with Gasteiger partial charge in [-0.3, -0.25) is 9.59 Å². The zero-order chi connectivity index (χ0) is 24.1. The molecule has 2 heterocycles. The summed E-state index contributed by atoms with van der Waals surface area (Å²) >= 11 is 0. The summed E-state index contributed by atoms with van der Waals surface area (Å²) in [6.45, 7) is 2.67. The van der Waals surface area contributed by atoms with Gasteiger partial charge in [-0.25, -0.2) is 8.42 Å². The maximum Gasteiger partial charge on any atom is 0.243 e. The largest absolute Gasteiger partial charge is 0.353 e. The van der Waals surface area contributed by atoms with Gasteiger partial charge in [0.25, 0.3) is 0 Å². The number of hydrogen-bond donors (Lipinski definition) is 2. The van der Waals surface area contributed by atoms with Gasteiger partial charge in [0, 0.05) is 37.2 Å². The lowest BCUT2D eigenvalue weighted by atomic mass is 9.96. The molecule has 0 aromatic heterocycles. The molecule has 0 bridgehead atoms. The van der Waals surface area contributed by atoms with Crippen molar-refractivity contribution in [2.45, 2.75) is 62.8 Å². The molecule has 2 N–H and O–H groups in total. The second-order valence-electron chi connectivity index (χ2n) is 9.33. The fourth-order valence-corrected chi connectivity index (χ4v) is 6.20. The van der Waals surface area contributed by atoms with Crippen LogP contribution in [-0.2, 0) is 32.5 Å². The fourth-order valence-electron chi connectivity index (χ4n) is 4.68. The number of carbonyl (C=O) groups is 2. The van der Waals surface area contributed by atoms with Crippen molar-refractivity contribution in [2.24, 2.45) is 5.92 Å². The number of carbonyl (C=O) groups excluding carboxylic acids is 2. The molecule has 2 aromatic carbocycles. The van der Waals surface area contributed by atoms with E-state index >= 15 is 0 Å². The number of hydrogen-bond acceptors (Lipinski definition) is 4. The molecule has 1 saturated heterocycles. The first kappa shape index (κ1) is 24.4. The summed E-state index contributed by atoms with van der Waals surface area (Å²) < 4.78 is 27.9. The first-order valence-corrected chi connectivity index (χ1v) is 13.5. The first-order chi connectivity index (χ1) is 16.3. The lowest BCUT2D eigenvalue weighted by Gasteiger charge is -2.31. The zero-order valence-electron chi connectivity index (χ0n) is 19.6. The monoisotopic (exact) mass is 483 g/mol. The molecule has 2 aromatic rings. The molecule has 1 atom stereocenters. The Morgan fingerprint density at radius 1 is 1.12 bits per heavy atom. The number of piperidine rings is 1. The number of fused-ring (bicyclic) bond motifs is 1. The Balaban J connectivity index is 1.31. The van der Waals surface area contributed by atoms with Crippen molar-refractivity contribution in [2.75, 3.05) is 18.4 Å². The quantitative estimate of drug-likeness (QED) is 0.630. The van der Waals surface area contributed by atoms with Gasteiger partial charge in [-0.05, 0) is 74.8 Å². The normalized spacial score (nSPS) is 18.4. The highest BCUT2D eigenvalue weighted by molar-refractivity contribution is 7.89. The first-order valence-electron chi connectivity index (χ1n) is 12.1. The van der Waals surface area contributed by atoms with Crippen molar-refractivity contribution in [1.29, 1.82) is 0 Å². The van der Waals surface area contributed by atoms with Crippen LogP contribution in [-0.4, -0.2) is 43.7 Å². The molecular weight excluding hydrogens is 450 g/mol. The Hall–Kier alpha value is -2.71. The topological polar surface area (TPSA) is 95.6 Å². The number of amides is 2. The third-order valence-corrected chi connectivity index (χ3v) is 8.66. The summed E-state index contributed by atoms with van der Waals surface area (Å²) in [4.78, 5) is 24.8. The summed E-state index contributed by atoms with van der Waals surface area (Å²) in [5.74, 6) is -0.199. The second kappa shape index (κ2) is 10.7. The SMILES string of the molecule is C[C@H](CCc1ccccc1)NC(=O)C1CCN(S(=O)(=O)c2ccc3c(c2)CCCC(=O)N3)CC1. The minimum absolute atomic E-state index is 0.0124. The van der Waals surface area contributed by atoms with Gasteiger partial charge in [-0.2, -0.15) is 4.31 Å². The van der Waals surface area contributed by atoms with Gasteiger partial charge in [0.1, 0.15) is 0 Å². The van der Waals surface area contributed by atoms with E-state index in [-0.39, 0.29) is 28.7 Å². The molecule has 2 aliphatic rings. The van der Waals surface area contributed by atoms with Crippen LogP contribution in [0.2, 0.25) is 0 Å². The van der Waals surface area contributed by atoms with Crippen molar-refractivity contribution in [3.8, 4) is 0 Å². The third-order valence-electron chi connectivity index (χ3n) is 6.76. The smallest absolute Gasteiger partial charge is 0.243 e. The van der Waals surface area contributed by atoms with E-state index in [1.807, 2.05) is 25.1 Å². The molecule has 8 heteroatoms. The molecule has 0 saturated carbocycles. The van der Waals surface area contributed by atoms with Crippen LogP contribution >= 0.6 is 0 Å². The molecule has 34 heavy (non-hydrogen) atoms. The molecule has 0 aliphatic carbocycles. The van der Waals surface area contributed by atoms with Crippen LogP contribution in [0.1, 0.15) is 50.2 Å². The minimum Gasteiger partial charge on any atom is -0.353 e. The van der Waals surface area contributed by atoms with Crippen LogP contribution in [0.15, 0.2) is 53.4 Å². The van der Waals surface area contributed by atoms with E-state index in [4.69, 9.17) is 0 Å². The van der Waals surface area contributed by atoms with Crippen LogP contribution in [0.25, 0.3) is 0 Å². The van der Waals surface area contributed by atoms with Crippen LogP contribution in [0, 0.1) is 5.92 Å². The summed E-state index contributed by atoms with van der Waals surface area (Å²) in [6, 6.07) is 15.2. The highest BCUT2D eigenvalue weighted by Crippen LogP contribution is 2.29. The Kier molecular flexibility index (Phi) is 7.68. The summed E-state index contributed by atoms with van der Waals surface area (Å²) in [6.07, 6.45) is 4.60. The average molecular weight is 484 g/mol. The van der Waals surface area contributed by atoms with Crippen molar-refractivity contribution in [1.82, 2.24) is 9.62 Å². The Morgan fingerprint density at radius 2 is 1.85 bits per heavy atom. The lowest BCUT2D eigenvalue weighted by molar-refractivity contribution is -0.126. The number of nitrogens with one attached hydrogen (secondary N) is 2. The van der Waals surface area contributed by atoms with Crippen LogP contribution in [0.5, 0.6) is 0 Å². The molecule has 0 spiro atoms. The van der Waals surface area contributed by atoms with Gasteiger partial charge in [0.2, 0.25) is 21.8 Å². The molecule has 2 amide bonds. The molecule has 2 aliphatic heterocycles. The number of benzene rings is 2. The molecule has 1 fully saturated rings. The summed E-state index contributed by atoms with van der Waals surface area (Å²) in [5, 5.41) is 5.95. The third kappa shape index (κ3) is 5.85. The van der Waals surface area contributed by atoms with Crippen LogP contribution in [0.4, 0.5) is 5.69 Å². The van der Waals surface area contributed by atoms with Crippen molar-refractivity contribution >= 4 is 27.5 Å². The molecular formula is C26H33N3O4S. The van der Waals surface area contributed by atoms with Crippen molar-refractivity contribution < 1.29 is 18.0 Å². The predicted molar refractivity (Wildman–Crippen MR) is 132 cm³/mol. The highest BCUT2D eigenvalue weighted by Gasteiger charge is 2.33. The molecule has 0 unspecified atom stereocenters. The van der Waals surface area contributed by atoms with Crippen molar-refractivity contribution in [3.63, 3.8) is 0 Å². The predicted octanol–water partition coefficient (Wildman–Crippen LogP) is 3.50. The van der Waals surface area contributed by atoms with Gasteiger partial charge in [0.15, 0.2) is 0 Å². The number of sulfonamides is 1. The Bertz CT molecular complexity index is 1130. The molecule has 182 valence electrons. The molecule has 0 radical (unpaired) electrons. The lowest BCUT2D eigenvalue weighted by Crippen LogP contribution is -2.44. The average Bonchev–Trinajstić information content (AvgIpc) is 3.03. The number of rotatable bonds is 7. The van der Waals surface area contributed by atoms with E-state index < -0.39 is 10.0 Å². The number of aryl methyl sites for hydroxylation is 2. The number of anilines is 1. The van der Waals surface area contributed by atoms with E-state index in [1.54, 1.807) is 18.2 Å². The van der Waals surface area contributed by atoms with Gasteiger partial charge in [0.05, 0.1) is 4.90 Å². The van der Waals surface area contributed by atoms with E-state index in [0.29, 0.717) is 50.9 Å². The second-order valence-corrected chi connectivity index (χ2v) is 11.3. The van der Waals surface area contributed by atoms with E-state index in [9.17, 15) is 18.0 Å². The standard InChI is InChI=1S/C26H33N3O4S/c1-19(10-11-20-6-3-2-4-7-20)27-26(31)21-14-16-29(17-15-21)34(32,33)23-12-13-24-22(18-23)8-5-9-25(30)28-24/h2-4,6-7,12-13,18-19,21H,5,8-11,14-17H2,1H3,(H,27,31)(H,28,30)/t19-/m1/s1. The molecule has 4 rings (SSSR count). The zero-order valence-corrected chi connectivity index (χ0v) is 20.4. The minimum atomic E-state index is -3.64. The fraction of sp³-hybridized carbons (Fsp3) is 0.462. The number of nitrogens with zero attached hydrogens (tertiary/aromatic N) is 1. The molecule has 7 nitrogen and oxygen atoms in total. The maximum absolute atomic E-state index is 13.2. The Morgan fingerprint density at radius 3 is 2.59 bits per heavy atom. The van der Waals surface area contributed by atoms with Gasteiger partial charge in [-0.1, -0.05) is 30.3 Å².